The molecule has 80 valence electrons. The van der Waals surface area contributed by atoms with Crippen molar-refractivity contribution in [2.24, 2.45) is 5.92 Å². The molecule has 0 bridgehead atoms. The van der Waals surface area contributed by atoms with Crippen molar-refractivity contribution >= 4 is 11.4 Å². The first-order valence-corrected chi connectivity index (χ1v) is 5.93. The maximum Gasteiger partial charge on any atom is 0.0608 e. The molecule has 0 saturated heterocycles. The van der Waals surface area contributed by atoms with E-state index in [0.717, 1.165) is 19.0 Å². The summed E-state index contributed by atoms with van der Waals surface area (Å²) < 4.78 is 0. The molecule has 1 fully saturated rings. The lowest BCUT2D eigenvalue weighted by Crippen LogP contribution is -2.35. The van der Waals surface area contributed by atoms with Crippen molar-refractivity contribution in [3.05, 3.63) is 23.8 Å². The van der Waals surface area contributed by atoms with E-state index in [1.165, 1.54) is 36.3 Å². The van der Waals surface area contributed by atoms with Gasteiger partial charge in [0.15, 0.2) is 0 Å². The second-order valence-corrected chi connectivity index (χ2v) is 4.79. The summed E-state index contributed by atoms with van der Waals surface area (Å²) in [6, 6.07) is 6.60. The van der Waals surface area contributed by atoms with E-state index >= 15 is 0 Å². The van der Waals surface area contributed by atoms with Crippen molar-refractivity contribution < 1.29 is 0 Å². The fourth-order valence-corrected chi connectivity index (χ4v) is 2.38. The molecule has 2 aliphatic rings. The third-order valence-corrected chi connectivity index (χ3v) is 3.45. The predicted molar refractivity (Wildman–Crippen MR) is 64.6 cm³/mol. The molecule has 2 nitrogen and oxygen atoms in total. The van der Waals surface area contributed by atoms with Gasteiger partial charge in [-0.3, -0.25) is 0 Å². The van der Waals surface area contributed by atoms with E-state index in [2.05, 4.69) is 35.3 Å². The third kappa shape index (κ3) is 1.69. The number of hydrogen-bond acceptors (Lipinski definition) is 2. The number of para-hydroxylation sites is 1. The Bertz CT molecular complexity index is 369. The molecule has 1 heterocycles. The van der Waals surface area contributed by atoms with E-state index in [1.807, 2.05) is 0 Å². The Labute approximate surface area is 91.3 Å². The van der Waals surface area contributed by atoms with Crippen molar-refractivity contribution in [3.63, 3.8) is 0 Å². The summed E-state index contributed by atoms with van der Waals surface area (Å²) in [5, 5.41) is 3.51. The lowest BCUT2D eigenvalue weighted by molar-refractivity contribution is 0.718. The molecule has 1 saturated carbocycles. The van der Waals surface area contributed by atoms with E-state index < -0.39 is 0 Å². The molecule has 1 aliphatic carbocycles. The van der Waals surface area contributed by atoms with Gasteiger partial charge in [0.05, 0.1) is 11.4 Å². The van der Waals surface area contributed by atoms with Crippen molar-refractivity contribution in [2.45, 2.75) is 19.8 Å². The molecule has 0 unspecified atom stereocenters. The van der Waals surface area contributed by atoms with Crippen LogP contribution in [0, 0.1) is 12.8 Å². The van der Waals surface area contributed by atoms with Crippen molar-refractivity contribution in [1.82, 2.24) is 0 Å². The van der Waals surface area contributed by atoms with Crippen molar-refractivity contribution in [3.8, 4) is 0 Å². The number of rotatable bonds is 2. The molecule has 1 N–H and O–H groups in total. The summed E-state index contributed by atoms with van der Waals surface area (Å²) in [6.45, 7) is 5.70. The molecule has 0 radical (unpaired) electrons. The van der Waals surface area contributed by atoms with Crippen molar-refractivity contribution in [1.29, 1.82) is 0 Å². The van der Waals surface area contributed by atoms with Crippen LogP contribution in [0.25, 0.3) is 0 Å². The minimum Gasteiger partial charge on any atom is -0.381 e. The van der Waals surface area contributed by atoms with Gasteiger partial charge in [0.1, 0.15) is 0 Å². The zero-order chi connectivity index (χ0) is 10.3. The Morgan fingerprint density at radius 1 is 1.40 bits per heavy atom. The maximum absolute atomic E-state index is 3.51. The molecule has 0 spiro atoms. The average Bonchev–Trinajstić information content (AvgIpc) is 3.04. The molecular weight excluding hydrogens is 184 g/mol. The van der Waals surface area contributed by atoms with Crippen LogP contribution in [0.15, 0.2) is 18.2 Å². The molecule has 0 aromatic heterocycles. The molecule has 15 heavy (non-hydrogen) atoms. The van der Waals surface area contributed by atoms with Gasteiger partial charge in [-0.05, 0) is 37.3 Å². The first-order valence-electron chi connectivity index (χ1n) is 5.93. The summed E-state index contributed by atoms with van der Waals surface area (Å²) >= 11 is 0. The Balaban J connectivity index is 1.91. The first-order chi connectivity index (χ1) is 7.34. The SMILES string of the molecule is Cc1cccc2c1NCCN2CC1CC1. The highest BCUT2D eigenvalue weighted by atomic mass is 15.2. The molecule has 3 rings (SSSR count). The molecule has 1 aromatic carbocycles. The van der Waals surface area contributed by atoms with E-state index in [1.54, 1.807) is 0 Å². The van der Waals surface area contributed by atoms with Crippen LogP contribution < -0.4 is 10.2 Å². The second-order valence-electron chi connectivity index (χ2n) is 4.79. The standard InChI is InChI=1S/C13H18N2/c1-10-3-2-4-12-13(10)14-7-8-15(12)9-11-5-6-11/h2-4,11,14H,5-9H2,1H3. The number of nitrogens with zero attached hydrogens (tertiary/aromatic N) is 1. The summed E-state index contributed by atoms with van der Waals surface area (Å²) in [7, 11) is 0. The smallest absolute Gasteiger partial charge is 0.0608 e. The Hall–Kier alpha value is -1.18. The van der Waals surface area contributed by atoms with Gasteiger partial charge in [-0.25, -0.2) is 0 Å². The molecule has 1 aromatic rings. The number of nitrogens with one attached hydrogen (secondary N) is 1. The van der Waals surface area contributed by atoms with Crippen molar-refractivity contribution in [2.75, 3.05) is 29.9 Å². The topological polar surface area (TPSA) is 15.3 Å². The Kier molecular flexibility index (Phi) is 2.08. The molecule has 0 amide bonds. The van der Waals surface area contributed by atoms with Crippen LogP contribution in [0.5, 0.6) is 0 Å². The zero-order valence-electron chi connectivity index (χ0n) is 9.29. The largest absolute Gasteiger partial charge is 0.381 e. The lowest BCUT2D eigenvalue weighted by Gasteiger charge is -2.33. The third-order valence-electron chi connectivity index (χ3n) is 3.45. The maximum atomic E-state index is 3.51. The summed E-state index contributed by atoms with van der Waals surface area (Å²) in [4.78, 5) is 2.55. The van der Waals surface area contributed by atoms with Gasteiger partial charge in [-0.1, -0.05) is 12.1 Å². The van der Waals surface area contributed by atoms with Gasteiger partial charge in [0, 0.05) is 19.6 Å². The summed E-state index contributed by atoms with van der Waals surface area (Å²) in [6.07, 6.45) is 2.87. The van der Waals surface area contributed by atoms with Crippen LogP contribution in [0.2, 0.25) is 0 Å². The number of aryl methyl sites for hydroxylation is 1. The van der Waals surface area contributed by atoms with Gasteiger partial charge in [0.2, 0.25) is 0 Å². The fourth-order valence-electron chi connectivity index (χ4n) is 2.38. The monoisotopic (exact) mass is 202 g/mol. The average molecular weight is 202 g/mol. The lowest BCUT2D eigenvalue weighted by atomic mass is 10.1. The minimum atomic E-state index is 0.969. The highest BCUT2D eigenvalue weighted by Gasteiger charge is 2.26. The van der Waals surface area contributed by atoms with Gasteiger partial charge in [0.25, 0.3) is 0 Å². The Morgan fingerprint density at radius 2 is 2.27 bits per heavy atom. The van der Waals surface area contributed by atoms with Crippen LogP contribution in [0.1, 0.15) is 18.4 Å². The molecule has 0 atom stereocenters. The van der Waals surface area contributed by atoms with Crippen LogP contribution in [-0.2, 0) is 0 Å². The van der Waals surface area contributed by atoms with E-state index in [9.17, 15) is 0 Å². The Morgan fingerprint density at radius 3 is 3.07 bits per heavy atom. The van der Waals surface area contributed by atoms with E-state index in [4.69, 9.17) is 0 Å². The number of anilines is 2. The summed E-state index contributed by atoms with van der Waals surface area (Å²) in [5.74, 6) is 0.969. The number of fused-ring (bicyclic) bond motifs is 1. The van der Waals surface area contributed by atoms with Gasteiger partial charge in [-0.15, -0.1) is 0 Å². The second kappa shape index (κ2) is 3.44. The van der Waals surface area contributed by atoms with Crippen LogP contribution in [0.4, 0.5) is 11.4 Å². The normalized spacial score (nSPS) is 19.7. The first kappa shape index (κ1) is 9.08. The van der Waals surface area contributed by atoms with Crippen LogP contribution in [-0.4, -0.2) is 19.6 Å². The van der Waals surface area contributed by atoms with Gasteiger partial charge < -0.3 is 10.2 Å². The predicted octanol–water partition coefficient (Wildman–Crippen LogP) is 2.64. The highest BCUT2D eigenvalue weighted by Crippen LogP contribution is 2.36. The molecular formula is C13H18N2. The molecule has 1 aliphatic heterocycles. The molecule has 2 heteroatoms. The number of benzene rings is 1. The zero-order valence-corrected chi connectivity index (χ0v) is 9.29. The van der Waals surface area contributed by atoms with Gasteiger partial charge >= 0.3 is 0 Å². The quantitative estimate of drug-likeness (QED) is 0.793. The van der Waals surface area contributed by atoms with Crippen LogP contribution in [0.3, 0.4) is 0 Å². The highest BCUT2D eigenvalue weighted by molar-refractivity contribution is 5.75. The fraction of sp³-hybridized carbons (Fsp3) is 0.538. The van der Waals surface area contributed by atoms with E-state index in [0.29, 0.717) is 0 Å². The summed E-state index contributed by atoms with van der Waals surface area (Å²) in [5.41, 5.74) is 4.13. The number of hydrogen-bond donors (Lipinski definition) is 1. The van der Waals surface area contributed by atoms with Crippen LogP contribution >= 0.6 is 0 Å². The van der Waals surface area contributed by atoms with Gasteiger partial charge in [-0.2, -0.15) is 0 Å². The minimum absolute atomic E-state index is 0.969. The van der Waals surface area contributed by atoms with E-state index in [-0.39, 0.29) is 0 Å².